The Balaban J connectivity index is 4.04. The molecule has 0 aromatic heterocycles. The van der Waals surface area contributed by atoms with Crippen molar-refractivity contribution >= 4 is 23.8 Å². The number of amides is 2. The number of rotatable bonds is 9. The van der Waals surface area contributed by atoms with Gasteiger partial charge in [0.2, 0.25) is 0 Å². The predicted octanol–water partition coefficient (Wildman–Crippen LogP) is 1.93. The molecule has 0 aliphatic heterocycles. The van der Waals surface area contributed by atoms with Gasteiger partial charge >= 0.3 is 12.0 Å². The van der Waals surface area contributed by atoms with Crippen molar-refractivity contribution in [2.45, 2.75) is 33.1 Å². The smallest absolute Gasteiger partial charge is 0.314 e. The summed E-state index contributed by atoms with van der Waals surface area (Å²) in [5, 5.41) is 14.6. The molecule has 0 atom stereocenters. The lowest BCUT2D eigenvalue weighted by atomic mass is 9.82. The largest absolute Gasteiger partial charge is 0.481 e. The van der Waals surface area contributed by atoms with Crippen LogP contribution in [0.3, 0.4) is 0 Å². The monoisotopic (exact) mass is 276 g/mol. The van der Waals surface area contributed by atoms with Crippen LogP contribution in [0.15, 0.2) is 0 Å². The van der Waals surface area contributed by atoms with Gasteiger partial charge in [0.25, 0.3) is 0 Å². The maximum absolute atomic E-state index is 11.5. The van der Waals surface area contributed by atoms with E-state index in [-0.39, 0.29) is 12.6 Å². The lowest BCUT2D eigenvalue weighted by Gasteiger charge is -2.26. The number of hydrogen-bond acceptors (Lipinski definition) is 3. The molecule has 18 heavy (non-hydrogen) atoms. The zero-order chi connectivity index (χ0) is 14.0. The first-order valence-electron chi connectivity index (χ1n) is 6.26. The van der Waals surface area contributed by atoms with Crippen LogP contribution in [-0.2, 0) is 4.79 Å². The van der Waals surface area contributed by atoms with Gasteiger partial charge in [0.1, 0.15) is 0 Å². The summed E-state index contributed by atoms with van der Waals surface area (Å²) in [7, 11) is 0. The Labute approximate surface area is 113 Å². The molecule has 3 N–H and O–H groups in total. The number of urea groups is 1. The molecule has 0 radical (unpaired) electrons. The van der Waals surface area contributed by atoms with Crippen LogP contribution in [0.25, 0.3) is 0 Å². The van der Waals surface area contributed by atoms with E-state index in [1.807, 2.05) is 20.1 Å². The van der Waals surface area contributed by atoms with Crippen LogP contribution >= 0.6 is 11.8 Å². The topological polar surface area (TPSA) is 78.4 Å². The van der Waals surface area contributed by atoms with Crippen LogP contribution in [0.4, 0.5) is 4.79 Å². The van der Waals surface area contributed by atoms with Crippen molar-refractivity contribution in [3.8, 4) is 0 Å². The fourth-order valence-corrected chi connectivity index (χ4v) is 2.04. The molecule has 0 heterocycles. The zero-order valence-corrected chi connectivity index (χ0v) is 12.2. The number of nitrogens with one attached hydrogen (secondary N) is 2. The lowest BCUT2D eigenvalue weighted by molar-refractivity contribution is -0.149. The van der Waals surface area contributed by atoms with Crippen LogP contribution < -0.4 is 10.6 Å². The minimum Gasteiger partial charge on any atom is -0.481 e. The Kier molecular flexibility index (Phi) is 8.62. The SMILES string of the molecule is CCC(CC)(CNC(=O)NCCCSC)C(=O)O. The predicted molar refractivity (Wildman–Crippen MR) is 75.1 cm³/mol. The van der Waals surface area contributed by atoms with E-state index in [2.05, 4.69) is 10.6 Å². The van der Waals surface area contributed by atoms with Gasteiger partial charge in [-0.15, -0.1) is 0 Å². The number of carboxylic acids is 1. The van der Waals surface area contributed by atoms with Gasteiger partial charge in [-0.25, -0.2) is 4.79 Å². The molecular weight excluding hydrogens is 252 g/mol. The van der Waals surface area contributed by atoms with E-state index >= 15 is 0 Å². The highest BCUT2D eigenvalue weighted by Gasteiger charge is 2.34. The van der Waals surface area contributed by atoms with Gasteiger partial charge in [-0.2, -0.15) is 11.8 Å². The molecule has 5 nitrogen and oxygen atoms in total. The number of carboxylic acid groups (broad SMARTS) is 1. The number of carbonyl (C=O) groups excluding carboxylic acids is 1. The summed E-state index contributed by atoms with van der Waals surface area (Å²) in [6, 6.07) is -0.288. The Morgan fingerprint density at radius 1 is 1.22 bits per heavy atom. The molecule has 0 aromatic rings. The summed E-state index contributed by atoms with van der Waals surface area (Å²) in [4.78, 5) is 22.7. The third kappa shape index (κ3) is 5.62. The molecule has 2 amide bonds. The fraction of sp³-hybridized carbons (Fsp3) is 0.833. The van der Waals surface area contributed by atoms with E-state index in [0.717, 1.165) is 12.2 Å². The molecule has 0 rings (SSSR count). The van der Waals surface area contributed by atoms with Crippen molar-refractivity contribution in [3.63, 3.8) is 0 Å². The highest BCUT2D eigenvalue weighted by atomic mass is 32.2. The van der Waals surface area contributed by atoms with Gasteiger partial charge in [0.05, 0.1) is 5.41 Å². The summed E-state index contributed by atoms with van der Waals surface area (Å²) in [6.45, 7) is 4.44. The van der Waals surface area contributed by atoms with E-state index in [1.165, 1.54) is 0 Å². The zero-order valence-electron chi connectivity index (χ0n) is 11.4. The Morgan fingerprint density at radius 2 is 1.83 bits per heavy atom. The first kappa shape index (κ1) is 17.1. The first-order valence-corrected chi connectivity index (χ1v) is 7.65. The van der Waals surface area contributed by atoms with Crippen molar-refractivity contribution in [3.05, 3.63) is 0 Å². The van der Waals surface area contributed by atoms with E-state index < -0.39 is 11.4 Å². The van der Waals surface area contributed by atoms with Gasteiger partial charge < -0.3 is 15.7 Å². The second-order valence-corrected chi connectivity index (χ2v) is 5.23. The summed E-state index contributed by atoms with van der Waals surface area (Å²) >= 11 is 1.73. The second-order valence-electron chi connectivity index (χ2n) is 4.25. The highest BCUT2D eigenvalue weighted by Crippen LogP contribution is 2.25. The minimum absolute atomic E-state index is 0.170. The molecule has 0 fully saturated rings. The Hall–Kier alpha value is -0.910. The third-order valence-corrected chi connectivity index (χ3v) is 3.90. The van der Waals surface area contributed by atoms with Gasteiger partial charge in [0.15, 0.2) is 0 Å². The molecule has 0 aromatic carbocycles. The fourth-order valence-electron chi connectivity index (χ4n) is 1.61. The van der Waals surface area contributed by atoms with Crippen LogP contribution in [-0.4, -0.2) is 42.2 Å². The summed E-state index contributed by atoms with van der Waals surface area (Å²) in [5.41, 5.74) is -0.851. The van der Waals surface area contributed by atoms with Gasteiger partial charge in [-0.05, 0) is 31.3 Å². The molecule has 0 bridgehead atoms. The standard InChI is InChI=1S/C12H24N2O3S/c1-4-12(5-2,10(15)16)9-14-11(17)13-7-6-8-18-3/h4-9H2,1-3H3,(H,15,16)(H2,13,14,17). The highest BCUT2D eigenvalue weighted by molar-refractivity contribution is 7.98. The molecule has 0 aliphatic rings. The first-order chi connectivity index (χ1) is 8.52. The van der Waals surface area contributed by atoms with Crippen LogP contribution in [0.2, 0.25) is 0 Å². The number of hydrogen-bond donors (Lipinski definition) is 3. The average molecular weight is 276 g/mol. The lowest BCUT2D eigenvalue weighted by Crippen LogP contribution is -2.46. The molecule has 0 aliphatic carbocycles. The average Bonchev–Trinajstić information content (AvgIpc) is 2.36. The van der Waals surface area contributed by atoms with Crippen molar-refractivity contribution in [2.24, 2.45) is 5.41 Å². The maximum Gasteiger partial charge on any atom is 0.314 e. The minimum atomic E-state index is -0.852. The summed E-state index contributed by atoms with van der Waals surface area (Å²) in [5.74, 6) is 0.152. The Bertz CT molecular complexity index is 268. The molecular formula is C12H24N2O3S. The molecule has 0 saturated carbocycles. The van der Waals surface area contributed by atoms with Crippen molar-refractivity contribution in [1.82, 2.24) is 10.6 Å². The number of carbonyl (C=O) groups is 2. The maximum atomic E-state index is 11.5. The van der Waals surface area contributed by atoms with Crippen molar-refractivity contribution in [2.75, 3.05) is 25.1 Å². The van der Waals surface area contributed by atoms with Crippen LogP contribution in [0.1, 0.15) is 33.1 Å². The van der Waals surface area contributed by atoms with Crippen molar-refractivity contribution in [1.29, 1.82) is 0 Å². The van der Waals surface area contributed by atoms with Gasteiger partial charge in [-0.3, -0.25) is 4.79 Å². The molecule has 106 valence electrons. The number of aliphatic carboxylic acids is 1. The van der Waals surface area contributed by atoms with E-state index in [4.69, 9.17) is 0 Å². The molecule has 6 heteroatoms. The molecule has 0 spiro atoms. The summed E-state index contributed by atoms with van der Waals surface area (Å²) in [6.07, 6.45) is 3.95. The quantitative estimate of drug-likeness (QED) is 0.562. The Morgan fingerprint density at radius 3 is 2.28 bits per heavy atom. The third-order valence-electron chi connectivity index (χ3n) is 3.21. The van der Waals surface area contributed by atoms with Crippen LogP contribution in [0, 0.1) is 5.41 Å². The van der Waals surface area contributed by atoms with E-state index in [9.17, 15) is 14.7 Å². The van der Waals surface area contributed by atoms with Gasteiger partial charge in [0, 0.05) is 13.1 Å². The van der Waals surface area contributed by atoms with Gasteiger partial charge in [-0.1, -0.05) is 13.8 Å². The normalized spacial score (nSPS) is 11.1. The van der Waals surface area contributed by atoms with E-state index in [1.54, 1.807) is 11.8 Å². The molecule has 0 unspecified atom stereocenters. The molecule has 0 saturated heterocycles. The number of thioether (sulfide) groups is 1. The second kappa shape index (κ2) is 9.08. The van der Waals surface area contributed by atoms with Crippen molar-refractivity contribution < 1.29 is 14.7 Å². The van der Waals surface area contributed by atoms with Crippen LogP contribution in [0.5, 0.6) is 0 Å². The summed E-state index contributed by atoms with van der Waals surface area (Å²) < 4.78 is 0. The van der Waals surface area contributed by atoms with E-state index in [0.29, 0.717) is 19.4 Å².